The van der Waals surface area contributed by atoms with E-state index in [1.807, 2.05) is 18.2 Å². The number of benzene rings is 2. The number of halogens is 1. The first-order valence-corrected chi connectivity index (χ1v) is 14.2. The predicted molar refractivity (Wildman–Crippen MR) is 144 cm³/mol. The largest absolute Gasteiger partial charge is 0.493 e. The van der Waals surface area contributed by atoms with E-state index in [4.69, 9.17) is 21.1 Å². The van der Waals surface area contributed by atoms with Crippen molar-refractivity contribution >= 4 is 35.1 Å². The van der Waals surface area contributed by atoms with Crippen LogP contribution in [0.3, 0.4) is 0 Å². The Labute approximate surface area is 212 Å². The fourth-order valence-electron chi connectivity index (χ4n) is 5.21. The summed E-state index contributed by atoms with van der Waals surface area (Å²) in [4.78, 5) is 0. The highest BCUT2D eigenvalue weighted by atomic mass is 35.5. The number of hydrogen-bond donors (Lipinski definition) is 1. The molecule has 2 aromatic rings. The Morgan fingerprint density at radius 3 is 2.21 bits per heavy atom. The predicted octanol–water partition coefficient (Wildman–Crippen LogP) is 7.26. The van der Waals surface area contributed by atoms with Crippen molar-refractivity contribution in [1.82, 2.24) is 5.32 Å². The van der Waals surface area contributed by atoms with Crippen LogP contribution >= 0.6 is 35.1 Å². The third-order valence-corrected chi connectivity index (χ3v) is 10.8. The van der Waals surface area contributed by atoms with E-state index in [-0.39, 0.29) is 15.0 Å². The minimum Gasteiger partial charge on any atom is -0.493 e. The van der Waals surface area contributed by atoms with Crippen LogP contribution in [-0.4, -0.2) is 36.3 Å². The van der Waals surface area contributed by atoms with Crippen molar-refractivity contribution in [1.29, 1.82) is 0 Å². The van der Waals surface area contributed by atoms with E-state index in [0.29, 0.717) is 0 Å². The zero-order valence-corrected chi connectivity index (χ0v) is 22.6. The zero-order chi connectivity index (χ0) is 23.5. The molecule has 0 amide bonds. The molecule has 2 fully saturated rings. The molecular formula is C27H36ClNO2S2. The van der Waals surface area contributed by atoms with Crippen LogP contribution in [-0.2, 0) is 11.0 Å². The summed E-state index contributed by atoms with van der Waals surface area (Å²) < 4.78 is 11.3. The molecule has 1 saturated carbocycles. The number of methoxy groups -OCH3 is 2. The SMILES string of the molecule is COc1ccc(C2(CNC(C)(CC3(C)SCCCS3)c3ccc(Cl)cc3)CCC2)cc1OC. The Morgan fingerprint density at radius 2 is 1.64 bits per heavy atom. The van der Waals surface area contributed by atoms with Gasteiger partial charge in [0.15, 0.2) is 11.5 Å². The Kier molecular flexibility index (Phi) is 7.84. The number of ether oxygens (including phenoxy) is 2. The quantitative estimate of drug-likeness (QED) is 0.387. The van der Waals surface area contributed by atoms with Crippen LogP contribution in [0.1, 0.15) is 57.1 Å². The van der Waals surface area contributed by atoms with Crippen LogP contribution < -0.4 is 14.8 Å². The molecular weight excluding hydrogens is 470 g/mol. The van der Waals surface area contributed by atoms with Gasteiger partial charge in [-0.1, -0.05) is 36.2 Å². The van der Waals surface area contributed by atoms with Crippen molar-refractivity contribution in [3.63, 3.8) is 0 Å². The van der Waals surface area contributed by atoms with Gasteiger partial charge >= 0.3 is 0 Å². The molecule has 1 N–H and O–H groups in total. The van der Waals surface area contributed by atoms with E-state index < -0.39 is 0 Å². The van der Waals surface area contributed by atoms with Crippen molar-refractivity contribution < 1.29 is 9.47 Å². The van der Waals surface area contributed by atoms with E-state index in [0.717, 1.165) is 29.5 Å². The maximum atomic E-state index is 6.24. The summed E-state index contributed by atoms with van der Waals surface area (Å²) in [6.07, 6.45) is 6.01. The van der Waals surface area contributed by atoms with Gasteiger partial charge in [0, 0.05) is 22.5 Å². The van der Waals surface area contributed by atoms with Crippen molar-refractivity contribution in [2.45, 2.75) is 61.0 Å². The molecule has 180 valence electrons. The lowest BCUT2D eigenvalue weighted by atomic mass is 9.64. The molecule has 1 aliphatic carbocycles. The van der Waals surface area contributed by atoms with Gasteiger partial charge in [0.25, 0.3) is 0 Å². The first-order valence-electron chi connectivity index (χ1n) is 11.8. The van der Waals surface area contributed by atoms with Gasteiger partial charge in [-0.3, -0.25) is 0 Å². The van der Waals surface area contributed by atoms with Crippen LogP contribution in [0.4, 0.5) is 0 Å². The Balaban J connectivity index is 1.61. The first kappa shape index (κ1) is 25.1. The van der Waals surface area contributed by atoms with Gasteiger partial charge < -0.3 is 14.8 Å². The highest BCUT2D eigenvalue weighted by Gasteiger charge is 2.43. The molecule has 2 aromatic carbocycles. The summed E-state index contributed by atoms with van der Waals surface area (Å²) in [5, 5.41) is 4.86. The standard InChI is InChI=1S/C27H36ClNO2S2/c1-25(20-7-10-22(28)11-8-20,18-26(2)32-15-6-16-33-26)29-19-27(13-5-14-27)21-9-12-23(30-3)24(17-21)31-4/h7-12,17,29H,5-6,13-16,18-19H2,1-4H3. The molecule has 4 rings (SSSR count). The number of nitrogens with one attached hydrogen (secondary N) is 1. The Bertz CT molecular complexity index is 942. The van der Waals surface area contributed by atoms with Gasteiger partial charge in [-0.05, 0) is 86.4 Å². The second-order valence-electron chi connectivity index (χ2n) is 9.76. The summed E-state index contributed by atoms with van der Waals surface area (Å²) in [6.45, 7) is 5.73. The van der Waals surface area contributed by atoms with E-state index in [2.05, 4.69) is 67.0 Å². The maximum absolute atomic E-state index is 6.24. The van der Waals surface area contributed by atoms with Crippen molar-refractivity contribution in [2.75, 3.05) is 32.3 Å². The molecule has 1 aliphatic heterocycles. The lowest BCUT2D eigenvalue weighted by Gasteiger charge is -2.47. The van der Waals surface area contributed by atoms with E-state index in [1.165, 1.54) is 48.3 Å². The smallest absolute Gasteiger partial charge is 0.161 e. The summed E-state index contributed by atoms with van der Waals surface area (Å²) in [6, 6.07) is 14.9. The summed E-state index contributed by atoms with van der Waals surface area (Å²) in [7, 11) is 3.41. The van der Waals surface area contributed by atoms with E-state index >= 15 is 0 Å². The molecule has 0 aromatic heterocycles. The van der Waals surface area contributed by atoms with Crippen LogP contribution in [0.2, 0.25) is 5.02 Å². The third-order valence-electron chi connectivity index (χ3n) is 7.38. The number of hydrogen-bond acceptors (Lipinski definition) is 5. The highest BCUT2D eigenvalue weighted by molar-refractivity contribution is 8.18. The number of rotatable bonds is 9. The molecule has 1 unspecified atom stereocenters. The van der Waals surface area contributed by atoms with Gasteiger partial charge in [0.2, 0.25) is 0 Å². The Morgan fingerprint density at radius 1 is 0.970 bits per heavy atom. The topological polar surface area (TPSA) is 30.5 Å². The van der Waals surface area contributed by atoms with Crippen LogP contribution in [0.5, 0.6) is 11.5 Å². The van der Waals surface area contributed by atoms with Crippen LogP contribution in [0, 0.1) is 0 Å². The molecule has 3 nitrogen and oxygen atoms in total. The lowest BCUT2D eigenvalue weighted by Crippen LogP contribution is -2.52. The fraction of sp³-hybridized carbons (Fsp3) is 0.556. The minimum absolute atomic E-state index is 0.126. The molecule has 0 bridgehead atoms. The van der Waals surface area contributed by atoms with Gasteiger partial charge in [0.1, 0.15) is 0 Å². The summed E-state index contributed by atoms with van der Waals surface area (Å²) in [5.74, 6) is 4.09. The second kappa shape index (κ2) is 10.3. The first-order chi connectivity index (χ1) is 15.8. The molecule has 0 spiro atoms. The second-order valence-corrected chi connectivity index (χ2v) is 13.6. The molecule has 1 heterocycles. The van der Waals surface area contributed by atoms with E-state index in [9.17, 15) is 0 Å². The van der Waals surface area contributed by atoms with Gasteiger partial charge in [-0.15, -0.1) is 23.5 Å². The molecule has 1 saturated heterocycles. The molecule has 0 radical (unpaired) electrons. The molecule has 6 heteroatoms. The van der Waals surface area contributed by atoms with Crippen LogP contribution in [0.25, 0.3) is 0 Å². The lowest BCUT2D eigenvalue weighted by molar-refractivity contribution is 0.197. The highest BCUT2D eigenvalue weighted by Crippen LogP contribution is 2.50. The number of thioether (sulfide) groups is 2. The average Bonchev–Trinajstić information content (AvgIpc) is 2.78. The molecule has 1 atom stereocenters. The zero-order valence-electron chi connectivity index (χ0n) is 20.2. The third kappa shape index (κ3) is 5.47. The summed E-state index contributed by atoms with van der Waals surface area (Å²) >= 11 is 10.5. The maximum Gasteiger partial charge on any atom is 0.161 e. The Hall–Kier alpha value is -1.01. The van der Waals surface area contributed by atoms with E-state index in [1.54, 1.807) is 14.2 Å². The minimum atomic E-state index is -0.143. The van der Waals surface area contributed by atoms with Gasteiger partial charge in [0.05, 0.1) is 18.3 Å². The average molecular weight is 506 g/mol. The van der Waals surface area contributed by atoms with Gasteiger partial charge in [-0.2, -0.15) is 0 Å². The monoisotopic (exact) mass is 505 g/mol. The molecule has 33 heavy (non-hydrogen) atoms. The summed E-state index contributed by atoms with van der Waals surface area (Å²) in [5.41, 5.74) is 2.63. The normalized spacial score (nSPS) is 21.0. The molecule has 2 aliphatic rings. The van der Waals surface area contributed by atoms with Crippen molar-refractivity contribution in [2.24, 2.45) is 0 Å². The van der Waals surface area contributed by atoms with Gasteiger partial charge in [-0.25, -0.2) is 0 Å². The fourth-order valence-corrected chi connectivity index (χ4v) is 8.57. The van der Waals surface area contributed by atoms with Crippen molar-refractivity contribution in [3.05, 3.63) is 58.6 Å². The van der Waals surface area contributed by atoms with Crippen molar-refractivity contribution in [3.8, 4) is 11.5 Å². The van der Waals surface area contributed by atoms with Crippen LogP contribution in [0.15, 0.2) is 42.5 Å².